The van der Waals surface area contributed by atoms with E-state index in [4.69, 9.17) is 15.3 Å². The van der Waals surface area contributed by atoms with Gasteiger partial charge in [-0.25, -0.2) is 4.79 Å². The van der Waals surface area contributed by atoms with Gasteiger partial charge in [0.2, 0.25) is 23.7 Å². The van der Waals surface area contributed by atoms with Gasteiger partial charge < -0.3 is 41.7 Å². The molecule has 2 rings (SSSR count). The Hall–Kier alpha value is -5.39. The van der Waals surface area contributed by atoms with Crippen LogP contribution in [0.15, 0.2) is 65.8 Å². The molecule has 0 saturated carbocycles. The Balaban J connectivity index is 2.11. The maximum absolute atomic E-state index is 13.6. The molecule has 0 aliphatic rings. The number of hydrogen-bond donors (Lipinski definition) is 7. The van der Waals surface area contributed by atoms with Gasteiger partial charge in [0, 0.05) is 13.0 Å². The van der Waals surface area contributed by atoms with E-state index in [0.29, 0.717) is 24.9 Å². The van der Waals surface area contributed by atoms with Gasteiger partial charge >= 0.3 is 18.2 Å². The number of carbonyl (C=O) groups excluding carboxylic acids is 5. The van der Waals surface area contributed by atoms with Gasteiger partial charge in [-0.05, 0) is 41.0 Å². The summed E-state index contributed by atoms with van der Waals surface area (Å²) in [5, 5.41) is 26.0. The number of halogens is 3. The number of guanidine groups is 1. The van der Waals surface area contributed by atoms with E-state index in [2.05, 4.69) is 26.4 Å². The molecule has 4 atom stereocenters. The maximum atomic E-state index is 13.6. The lowest BCUT2D eigenvalue weighted by Gasteiger charge is -2.30. The number of nitrogens with one attached hydrogen (secondary N) is 5. The zero-order valence-corrected chi connectivity index (χ0v) is 30.7. The first-order valence-electron chi connectivity index (χ1n) is 17.4. The molecule has 0 saturated heterocycles. The number of oxime groups is 1. The van der Waals surface area contributed by atoms with Crippen molar-refractivity contribution in [3.05, 3.63) is 71.8 Å². The summed E-state index contributed by atoms with van der Waals surface area (Å²) in [6.07, 6.45) is -7.20. The van der Waals surface area contributed by atoms with Gasteiger partial charge in [0.05, 0.1) is 18.6 Å². The van der Waals surface area contributed by atoms with Crippen molar-refractivity contribution in [3.63, 3.8) is 0 Å². The largest absolute Gasteiger partial charge is 0.471 e. The standard InChI is InChI=1S/C36H50F3N7O8/c1-22(2)19-27(28(47)20-29(48)41-17-15-24-11-7-5-8-12-24)42-32(50)30(23(3)4)44-31(49)26(43-35(52)53-21-25-13-9-6-10-14-25)16-18-54-46-34(40)45-33(51)36(37,38)39/h5-14,22-23,26-28,30,47H,15-21H2,1-4H3,(H,41,48)(H,42,50)(H,43,52)(H,44,49)(H3,40,45,46,51)/t26-,27-,28-,30-/m0/s1. The first-order chi connectivity index (χ1) is 25.5. The van der Waals surface area contributed by atoms with Crippen LogP contribution in [0.2, 0.25) is 0 Å². The number of aliphatic hydroxyl groups excluding tert-OH is 1. The monoisotopic (exact) mass is 765 g/mol. The predicted octanol–water partition coefficient (Wildman–Crippen LogP) is 2.38. The maximum Gasteiger partial charge on any atom is 0.471 e. The summed E-state index contributed by atoms with van der Waals surface area (Å²) < 4.78 is 42.7. The molecule has 0 bridgehead atoms. The second-order valence-corrected chi connectivity index (χ2v) is 13.1. The van der Waals surface area contributed by atoms with Gasteiger partial charge in [-0.2, -0.15) is 13.2 Å². The number of alkyl carbamates (subject to hydrolysis) is 1. The number of carbonyl (C=O) groups is 5. The number of nitrogens with two attached hydrogens (primary N) is 1. The molecule has 0 radical (unpaired) electrons. The Bertz CT molecular complexity index is 1530. The molecule has 0 unspecified atom stereocenters. The molecule has 0 spiro atoms. The van der Waals surface area contributed by atoms with Crippen molar-refractivity contribution < 1.29 is 51.8 Å². The zero-order chi connectivity index (χ0) is 40.3. The van der Waals surface area contributed by atoms with E-state index < -0.39 is 78.6 Å². The number of hydrogen-bond acceptors (Lipinski definition) is 9. The van der Waals surface area contributed by atoms with Gasteiger partial charge in [0.15, 0.2) is 0 Å². The predicted molar refractivity (Wildman–Crippen MR) is 192 cm³/mol. The molecule has 8 N–H and O–H groups in total. The molecular weight excluding hydrogens is 715 g/mol. The molecule has 0 heterocycles. The Morgan fingerprint density at radius 3 is 2.06 bits per heavy atom. The molecule has 0 aliphatic heterocycles. The van der Waals surface area contributed by atoms with Crippen molar-refractivity contribution in [1.82, 2.24) is 26.6 Å². The van der Waals surface area contributed by atoms with Crippen LogP contribution in [0.4, 0.5) is 18.0 Å². The number of rotatable bonds is 20. The van der Waals surface area contributed by atoms with Crippen LogP contribution >= 0.6 is 0 Å². The van der Waals surface area contributed by atoms with Crippen LogP contribution in [-0.4, -0.2) is 84.3 Å². The van der Waals surface area contributed by atoms with Crippen LogP contribution in [0, 0.1) is 11.8 Å². The van der Waals surface area contributed by atoms with Gasteiger partial charge in [-0.1, -0.05) is 88.4 Å². The van der Waals surface area contributed by atoms with Crippen LogP contribution in [-0.2, 0) is 41.8 Å². The third-order valence-electron chi connectivity index (χ3n) is 7.72. The Labute approximate surface area is 312 Å². The fourth-order valence-electron chi connectivity index (χ4n) is 4.95. The molecule has 0 aliphatic carbocycles. The summed E-state index contributed by atoms with van der Waals surface area (Å²) >= 11 is 0. The van der Waals surface area contributed by atoms with Crippen molar-refractivity contribution in [2.75, 3.05) is 13.2 Å². The quantitative estimate of drug-likeness (QED) is 0.0455. The molecule has 5 amide bonds. The third kappa shape index (κ3) is 17.4. The van der Waals surface area contributed by atoms with E-state index in [-0.39, 0.29) is 25.4 Å². The molecule has 0 fully saturated rings. The lowest BCUT2D eigenvalue weighted by atomic mass is 9.95. The van der Waals surface area contributed by atoms with E-state index in [0.717, 1.165) is 5.56 Å². The van der Waals surface area contributed by atoms with Crippen LogP contribution in [0.1, 0.15) is 58.1 Å². The zero-order valence-electron chi connectivity index (χ0n) is 30.7. The minimum absolute atomic E-state index is 0.00661. The van der Waals surface area contributed by atoms with Crippen molar-refractivity contribution >= 4 is 35.7 Å². The minimum atomic E-state index is -5.23. The normalized spacial score (nSPS) is 13.9. The Morgan fingerprint density at radius 2 is 1.48 bits per heavy atom. The fraction of sp³-hybridized carbons (Fsp3) is 0.500. The smallest absolute Gasteiger partial charge is 0.445 e. The third-order valence-corrected chi connectivity index (χ3v) is 7.72. The highest BCUT2D eigenvalue weighted by atomic mass is 19.4. The Kier molecular flexibility index (Phi) is 18.8. The second-order valence-electron chi connectivity index (χ2n) is 13.1. The molecule has 15 nitrogen and oxygen atoms in total. The fourth-order valence-corrected chi connectivity index (χ4v) is 4.95. The van der Waals surface area contributed by atoms with E-state index in [1.54, 1.807) is 44.2 Å². The van der Waals surface area contributed by atoms with Crippen LogP contribution < -0.4 is 32.3 Å². The average molecular weight is 766 g/mol. The molecule has 54 heavy (non-hydrogen) atoms. The molecule has 0 aromatic heterocycles. The Morgan fingerprint density at radius 1 is 0.870 bits per heavy atom. The number of amides is 5. The highest BCUT2D eigenvalue weighted by molar-refractivity contribution is 5.98. The van der Waals surface area contributed by atoms with Crippen LogP contribution in [0.25, 0.3) is 0 Å². The lowest BCUT2D eigenvalue weighted by Crippen LogP contribution is -2.58. The molecule has 298 valence electrons. The summed E-state index contributed by atoms with van der Waals surface area (Å²) in [6.45, 7) is 6.80. The topological polar surface area (TPSA) is 223 Å². The van der Waals surface area contributed by atoms with Gasteiger partial charge in [-0.3, -0.25) is 24.5 Å². The van der Waals surface area contributed by atoms with Crippen LogP contribution in [0.5, 0.6) is 0 Å². The summed E-state index contributed by atoms with van der Waals surface area (Å²) in [7, 11) is 0. The van der Waals surface area contributed by atoms with Crippen molar-refractivity contribution in [2.24, 2.45) is 22.7 Å². The number of benzene rings is 2. The molecule has 2 aromatic rings. The van der Waals surface area contributed by atoms with Gasteiger partial charge in [-0.15, -0.1) is 0 Å². The van der Waals surface area contributed by atoms with Crippen molar-refractivity contribution in [3.8, 4) is 0 Å². The second kappa shape index (κ2) is 22.6. The van der Waals surface area contributed by atoms with Gasteiger partial charge in [0.25, 0.3) is 0 Å². The van der Waals surface area contributed by atoms with E-state index in [1.165, 1.54) is 5.32 Å². The average Bonchev–Trinajstić information content (AvgIpc) is 3.10. The first-order valence-corrected chi connectivity index (χ1v) is 17.4. The highest BCUT2D eigenvalue weighted by Gasteiger charge is 2.39. The first kappa shape index (κ1) is 44.8. The summed E-state index contributed by atoms with van der Waals surface area (Å²) in [5.74, 6) is -5.80. The van der Waals surface area contributed by atoms with E-state index in [9.17, 15) is 42.3 Å². The highest BCUT2D eigenvalue weighted by Crippen LogP contribution is 2.15. The number of aliphatic hydroxyl groups is 1. The summed E-state index contributed by atoms with van der Waals surface area (Å²) in [5.41, 5.74) is 6.95. The summed E-state index contributed by atoms with van der Waals surface area (Å²) in [4.78, 5) is 68.4. The minimum Gasteiger partial charge on any atom is -0.445 e. The number of ether oxygens (including phenoxy) is 1. The lowest BCUT2D eigenvalue weighted by molar-refractivity contribution is -0.171. The van der Waals surface area contributed by atoms with Crippen molar-refractivity contribution in [2.45, 2.75) is 90.4 Å². The number of alkyl halides is 3. The van der Waals surface area contributed by atoms with E-state index in [1.807, 2.05) is 44.2 Å². The number of nitrogens with zero attached hydrogens (tertiary/aromatic N) is 1. The van der Waals surface area contributed by atoms with E-state index >= 15 is 0 Å². The SMILES string of the molecule is CC(C)C[C@H](NC(=O)[C@@H](NC(=O)[C@H](CCON=C(N)NC(=O)C(F)(F)F)NC(=O)OCc1ccccc1)C(C)C)[C@@H](O)CC(=O)NCCc1ccccc1. The summed E-state index contributed by atoms with van der Waals surface area (Å²) in [6, 6.07) is 14.7. The van der Waals surface area contributed by atoms with Gasteiger partial charge in [0.1, 0.15) is 25.3 Å². The van der Waals surface area contributed by atoms with Crippen LogP contribution in [0.3, 0.4) is 0 Å². The molecule has 2 aromatic carbocycles. The molecule has 18 heteroatoms. The molecular formula is C36H50F3N7O8. The van der Waals surface area contributed by atoms with Crippen molar-refractivity contribution in [1.29, 1.82) is 0 Å².